The molecule has 0 saturated carbocycles. The van der Waals surface area contributed by atoms with E-state index in [4.69, 9.17) is 24.2 Å². The minimum absolute atomic E-state index is 0.260. The summed E-state index contributed by atoms with van der Waals surface area (Å²) in [5, 5.41) is 0. The lowest BCUT2D eigenvalue weighted by molar-refractivity contribution is -0.171. The first-order chi connectivity index (χ1) is 17.7. The fourth-order valence-electron chi connectivity index (χ4n) is 4.55. The second-order valence-electron chi connectivity index (χ2n) is 12.9. The minimum atomic E-state index is -0.913. The first kappa shape index (κ1) is 29.9. The fourth-order valence-corrected chi connectivity index (χ4v) is 4.55. The molecule has 1 unspecified atom stereocenters. The Morgan fingerprint density at radius 2 is 1.71 bits per heavy atom. The van der Waals surface area contributed by atoms with Crippen LogP contribution in [0.15, 0.2) is 24.5 Å². The summed E-state index contributed by atoms with van der Waals surface area (Å²) in [5.41, 5.74) is 3.81. The van der Waals surface area contributed by atoms with Crippen molar-refractivity contribution in [2.75, 3.05) is 24.6 Å². The van der Waals surface area contributed by atoms with E-state index in [9.17, 15) is 4.79 Å². The Balaban J connectivity index is 2.17. The normalized spacial score (nSPS) is 16.6. The molecule has 3 rings (SSSR count). The molecule has 7 nitrogen and oxygen atoms in total. The van der Waals surface area contributed by atoms with E-state index < -0.39 is 17.7 Å². The third-order valence-electron chi connectivity index (χ3n) is 6.62. The largest absolute Gasteiger partial charge is 0.492 e. The zero-order valence-corrected chi connectivity index (χ0v) is 25.1. The predicted molar refractivity (Wildman–Crippen MR) is 153 cm³/mol. The first-order valence-corrected chi connectivity index (χ1v) is 13.9. The highest BCUT2D eigenvalue weighted by Gasteiger charge is 2.37. The van der Waals surface area contributed by atoms with Crippen LogP contribution < -0.4 is 9.64 Å². The number of carbonyl (C=O) groups is 1. The monoisotopic (exact) mass is 525 g/mol. The molecular formula is C31H47N3O4. The van der Waals surface area contributed by atoms with Crippen molar-refractivity contribution in [1.82, 2.24) is 9.97 Å². The van der Waals surface area contributed by atoms with Gasteiger partial charge in [0.1, 0.15) is 5.75 Å². The molecule has 2 aromatic heterocycles. The molecule has 1 fully saturated rings. The Labute approximate surface area is 229 Å². The molecule has 38 heavy (non-hydrogen) atoms. The maximum atomic E-state index is 13.5. The van der Waals surface area contributed by atoms with E-state index in [1.165, 1.54) is 0 Å². The average Bonchev–Trinajstić information content (AvgIpc) is 2.81. The number of rotatable bonds is 9. The van der Waals surface area contributed by atoms with E-state index in [0.717, 1.165) is 59.9 Å². The van der Waals surface area contributed by atoms with Crippen molar-refractivity contribution >= 4 is 11.7 Å². The molecule has 0 spiro atoms. The highest BCUT2D eigenvalue weighted by molar-refractivity contribution is 5.86. The van der Waals surface area contributed by atoms with Gasteiger partial charge < -0.3 is 19.1 Å². The standard InChI is InChI=1S/C31H47N3O4/c1-20(2)19-36-23-11-12-25(33-17-23)24-18-32-22(5)26(27(24)34-15-13-31(9,10)14-16-34)28(38-30(6,7)8)29(35)37-21(3)4/h11-12,17-18,20-21,28H,13-16,19H2,1-10H3. The first-order valence-electron chi connectivity index (χ1n) is 13.9. The predicted octanol–water partition coefficient (Wildman–Crippen LogP) is 6.92. The molecule has 0 radical (unpaired) electrons. The number of aryl methyl sites for hydroxylation is 1. The van der Waals surface area contributed by atoms with Gasteiger partial charge in [0.2, 0.25) is 0 Å². The summed E-state index contributed by atoms with van der Waals surface area (Å²) < 4.78 is 18.0. The summed E-state index contributed by atoms with van der Waals surface area (Å²) in [4.78, 5) is 25.4. The zero-order valence-electron chi connectivity index (χ0n) is 25.1. The lowest BCUT2D eigenvalue weighted by Crippen LogP contribution is -2.39. The van der Waals surface area contributed by atoms with Crippen molar-refractivity contribution in [3.05, 3.63) is 35.8 Å². The number of esters is 1. The minimum Gasteiger partial charge on any atom is -0.492 e. The third kappa shape index (κ3) is 7.92. The van der Waals surface area contributed by atoms with Crippen molar-refractivity contribution in [1.29, 1.82) is 0 Å². The molecule has 2 aromatic rings. The summed E-state index contributed by atoms with van der Waals surface area (Å²) in [6.07, 6.45) is 4.55. The number of hydrogen-bond donors (Lipinski definition) is 0. The number of aromatic nitrogens is 2. The van der Waals surface area contributed by atoms with Crippen molar-refractivity contribution in [2.24, 2.45) is 11.3 Å². The van der Waals surface area contributed by atoms with Crippen LogP contribution in [0.25, 0.3) is 11.3 Å². The maximum absolute atomic E-state index is 13.5. The van der Waals surface area contributed by atoms with E-state index in [2.05, 4.69) is 32.6 Å². The topological polar surface area (TPSA) is 73.8 Å². The van der Waals surface area contributed by atoms with Gasteiger partial charge in [-0.05, 0) is 77.8 Å². The molecule has 0 N–H and O–H groups in total. The average molecular weight is 526 g/mol. The molecule has 7 heteroatoms. The van der Waals surface area contributed by atoms with Crippen LogP contribution in [0, 0.1) is 18.3 Å². The van der Waals surface area contributed by atoms with Gasteiger partial charge >= 0.3 is 5.97 Å². The molecule has 1 aliphatic rings. The van der Waals surface area contributed by atoms with Gasteiger partial charge in [-0.25, -0.2) is 4.79 Å². The molecule has 210 valence electrons. The van der Waals surface area contributed by atoms with Crippen LogP contribution in [0.4, 0.5) is 5.69 Å². The summed E-state index contributed by atoms with van der Waals surface area (Å²) >= 11 is 0. The van der Waals surface area contributed by atoms with Crippen LogP contribution >= 0.6 is 0 Å². The zero-order chi connectivity index (χ0) is 28.3. The smallest absolute Gasteiger partial charge is 0.340 e. The molecule has 0 aliphatic carbocycles. The maximum Gasteiger partial charge on any atom is 0.340 e. The third-order valence-corrected chi connectivity index (χ3v) is 6.62. The van der Waals surface area contributed by atoms with Gasteiger partial charge in [0, 0.05) is 36.1 Å². The van der Waals surface area contributed by atoms with Crippen molar-refractivity contribution in [3.63, 3.8) is 0 Å². The van der Waals surface area contributed by atoms with Crippen LogP contribution in [0.1, 0.15) is 92.5 Å². The van der Waals surface area contributed by atoms with Crippen LogP contribution in [-0.4, -0.2) is 47.3 Å². The second kappa shape index (κ2) is 12.0. The van der Waals surface area contributed by atoms with Gasteiger partial charge in [-0.15, -0.1) is 0 Å². The van der Waals surface area contributed by atoms with Gasteiger partial charge in [-0.1, -0.05) is 27.7 Å². The molecule has 1 aliphatic heterocycles. The van der Waals surface area contributed by atoms with Crippen LogP contribution in [0.5, 0.6) is 5.75 Å². The van der Waals surface area contributed by atoms with Crippen molar-refractivity contribution < 1.29 is 19.0 Å². The summed E-state index contributed by atoms with van der Waals surface area (Å²) in [6, 6.07) is 3.92. The Morgan fingerprint density at radius 1 is 1.05 bits per heavy atom. The highest BCUT2D eigenvalue weighted by Crippen LogP contribution is 2.43. The summed E-state index contributed by atoms with van der Waals surface area (Å²) in [5.74, 6) is 0.762. The Morgan fingerprint density at radius 3 is 2.24 bits per heavy atom. The van der Waals surface area contributed by atoms with Crippen LogP contribution in [-0.2, 0) is 14.3 Å². The summed E-state index contributed by atoms with van der Waals surface area (Å²) in [6.45, 7) is 22.7. The van der Waals surface area contributed by atoms with Gasteiger partial charge in [0.15, 0.2) is 6.10 Å². The number of ether oxygens (including phenoxy) is 3. The molecule has 1 saturated heterocycles. The SMILES string of the molecule is Cc1ncc(-c2ccc(OCC(C)C)cn2)c(N2CCC(C)(C)CC2)c1C(OC(C)(C)C)C(=O)OC(C)C. The van der Waals surface area contributed by atoms with E-state index in [1.807, 2.05) is 59.9 Å². The Kier molecular flexibility index (Phi) is 9.45. The van der Waals surface area contributed by atoms with Gasteiger partial charge in [0.25, 0.3) is 0 Å². The second-order valence-corrected chi connectivity index (χ2v) is 12.9. The molecule has 3 heterocycles. The Hall–Kier alpha value is -2.67. The molecule has 0 amide bonds. The van der Waals surface area contributed by atoms with E-state index in [1.54, 1.807) is 6.20 Å². The number of piperidine rings is 1. The Bertz CT molecular complexity index is 1080. The number of hydrogen-bond acceptors (Lipinski definition) is 7. The van der Waals surface area contributed by atoms with Crippen LogP contribution in [0.3, 0.4) is 0 Å². The van der Waals surface area contributed by atoms with Gasteiger partial charge in [-0.2, -0.15) is 0 Å². The van der Waals surface area contributed by atoms with Crippen molar-refractivity contribution in [2.45, 2.75) is 99.9 Å². The molecule has 0 bridgehead atoms. The summed E-state index contributed by atoms with van der Waals surface area (Å²) in [7, 11) is 0. The van der Waals surface area contributed by atoms with Gasteiger partial charge in [-0.3, -0.25) is 9.97 Å². The lowest BCUT2D eigenvalue weighted by Gasteiger charge is -2.41. The molecule has 0 aromatic carbocycles. The fraction of sp³-hybridized carbons (Fsp3) is 0.645. The number of carbonyl (C=O) groups excluding carboxylic acids is 1. The van der Waals surface area contributed by atoms with Gasteiger partial charge in [0.05, 0.1) is 35.9 Å². The number of pyridine rings is 2. The van der Waals surface area contributed by atoms with Crippen LogP contribution in [0.2, 0.25) is 0 Å². The quantitative estimate of drug-likeness (QED) is 0.329. The molecular weight excluding hydrogens is 478 g/mol. The van der Waals surface area contributed by atoms with E-state index in [0.29, 0.717) is 12.5 Å². The molecule has 1 atom stereocenters. The highest BCUT2D eigenvalue weighted by atomic mass is 16.6. The van der Waals surface area contributed by atoms with Crippen molar-refractivity contribution in [3.8, 4) is 17.0 Å². The number of anilines is 1. The van der Waals surface area contributed by atoms with E-state index in [-0.39, 0.29) is 11.5 Å². The van der Waals surface area contributed by atoms with E-state index >= 15 is 0 Å². The number of nitrogens with zero attached hydrogens (tertiary/aromatic N) is 3. The lowest BCUT2D eigenvalue weighted by atomic mass is 9.82.